The molecule has 168 valence electrons. The summed E-state index contributed by atoms with van der Waals surface area (Å²) in [5.74, 6) is -0.263. The molecule has 1 amide bonds. The van der Waals surface area contributed by atoms with E-state index in [9.17, 15) is 26.4 Å². The summed E-state index contributed by atoms with van der Waals surface area (Å²) in [7, 11) is -3.78. The molecule has 1 fully saturated rings. The molecule has 0 bridgehead atoms. The number of primary sulfonamides is 1. The Morgan fingerprint density at radius 1 is 1.19 bits per heavy atom. The van der Waals surface area contributed by atoms with Gasteiger partial charge in [-0.1, -0.05) is 24.3 Å². The summed E-state index contributed by atoms with van der Waals surface area (Å²) >= 11 is 0. The van der Waals surface area contributed by atoms with Crippen LogP contribution in [0.1, 0.15) is 42.5 Å². The van der Waals surface area contributed by atoms with Crippen molar-refractivity contribution in [2.24, 2.45) is 5.14 Å². The van der Waals surface area contributed by atoms with Gasteiger partial charge in [0.1, 0.15) is 0 Å². The maximum Gasteiger partial charge on any atom is 0.416 e. The van der Waals surface area contributed by atoms with Gasteiger partial charge in [-0.05, 0) is 55.2 Å². The first kappa shape index (κ1) is 23.2. The summed E-state index contributed by atoms with van der Waals surface area (Å²) in [5.41, 5.74) is 0.498. The Balaban J connectivity index is 1.63. The van der Waals surface area contributed by atoms with Crippen LogP contribution in [-0.2, 0) is 27.5 Å². The van der Waals surface area contributed by atoms with Crippen LogP contribution < -0.4 is 10.5 Å². The molecule has 0 spiro atoms. The third kappa shape index (κ3) is 6.28. The van der Waals surface area contributed by atoms with Crippen LogP contribution in [-0.4, -0.2) is 31.8 Å². The molecule has 3 rings (SSSR count). The number of halogens is 3. The summed E-state index contributed by atoms with van der Waals surface area (Å²) in [5, 5.41) is 7.83. The molecule has 10 heteroatoms. The lowest BCUT2D eigenvalue weighted by molar-refractivity contribution is -0.137. The van der Waals surface area contributed by atoms with E-state index in [1.54, 1.807) is 25.1 Å². The molecule has 0 saturated heterocycles. The first-order valence-electron chi connectivity index (χ1n) is 9.76. The van der Waals surface area contributed by atoms with Crippen molar-refractivity contribution in [3.8, 4) is 0 Å². The second-order valence-electron chi connectivity index (χ2n) is 7.67. The van der Waals surface area contributed by atoms with E-state index in [0.29, 0.717) is 11.1 Å². The predicted octanol–water partition coefficient (Wildman–Crippen LogP) is 3.19. The van der Waals surface area contributed by atoms with Crippen LogP contribution in [0.3, 0.4) is 0 Å². The largest absolute Gasteiger partial charge is 0.416 e. The first-order chi connectivity index (χ1) is 14.4. The number of hydrogen-bond acceptors (Lipinski definition) is 4. The van der Waals surface area contributed by atoms with Gasteiger partial charge in [0.25, 0.3) is 0 Å². The van der Waals surface area contributed by atoms with Crippen LogP contribution >= 0.6 is 0 Å². The smallest absolute Gasteiger partial charge is 0.351 e. The predicted molar refractivity (Wildman–Crippen MR) is 109 cm³/mol. The fraction of sp³-hybridized carbons (Fsp3) is 0.381. The molecule has 0 radical (unpaired) electrons. The van der Waals surface area contributed by atoms with E-state index in [2.05, 4.69) is 5.32 Å². The number of carbonyl (C=O) groups excluding carboxylic acids is 1. The minimum absolute atomic E-state index is 0.0163. The SMILES string of the molecule is C[C@@H](c1cccc(C(F)(F)F)c1)N(CC(=O)NCc1ccc(S(N)(=O)=O)cc1)C1CC1. The molecule has 0 aliphatic heterocycles. The van der Waals surface area contributed by atoms with E-state index in [-0.39, 0.29) is 36.0 Å². The number of amides is 1. The van der Waals surface area contributed by atoms with Crippen molar-refractivity contribution in [2.45, 2.75) is 49.5 Å². The Morgan fingerprint density at radius 2 is 1.84 bits per heavy atom. The Bertz CT molecular complexity index is 1040. The molecule has 1 atom stereocenters. The minimum Gasteiger partial charge on any atom is -0.351 e. The van der Waals surface area contributed by atoms with Gasteiger partial charge in [-0.3, -0.25) is 9.69 Å². The molecule has 0 aromatic heterocycles. The van der Waals surface area contributed by atoms with Gasteiger partial charge in [0.05, 0.1) is 17.0 Å². The van der Waals surface area contributed by atoms with Gasteiger partial charge in [-0.15, -0.1) is 0 Å². The van der Waals surface area contributed by atoms with Crippen molar-refractivity contribution in [3.63, 3.8) is 0 Å². The zero-order chi connectivity index (χ0) is 22.8. The van der Waals surface area contributed by atoms with Crippen LogP contribution in [0.15, 0.2) is 53.4 Å². The fourth-order valence-corrected chi connectivity index (χ4v) is 3.89. The van der Waals surface area contributed by atoms with Crippen molar-refractivity contribution in [2.75, 3.05) is 6.54 Å². The summed E-state index contributed by atoms with van der Waals surface area (Å²) in [6.07, 6.45) is -2.63. The lowest BCUT2D eigenvalue weighted by atomic mass is 10.0. The number of benzene rings is 2. The summed E-state index contributed by atoms with van der Waals surface area (Å²) < 4.78 is 61.7. The number of rotatable bonds is 8. The fourth-order valence-electron chi connectivity index (χ4n) is 3.37. The van der Waals surface area contributed by atoms with Crippen LogP contribution in [0.4, 0.5) is 13.2 Å². The molecule has 1 aliphatic carbocycles. The average molecular weight is 456 g/mol. The first-order valence-corrected chi connectivity index (χ1v) is 11.3. The van der Waals surface area contributed by atoms with Crippen molar-refractivity contribution in [1.82, 2.24) is 10.2 Å². The van der Waals surface area contributed by atoms with Gasteiger partial charge in [0.2, 0.25) is 15.9 Å². The highest BCUT2D eigenvalue weighted by Crippen LogP contribution is 2.36. The highest BCUT2D eigenvalue weighted by atomic mass is 32.2. The van der Waals surface area contributed by atoms with Crippen molar-refractivity contribution in [1.29, 1.82) is 0 Å². The van der Waals surface area contributed by atoms with Crippen molar-refractivity contribution >= 4 is 15.9 Å². The molecular weight excluding hydrogens is 431 g/mol. The normalized spacial score (nSPS) is 15.7. The van der Waals surface area contributed by atoms with Gasteiger partial charge >= 0.3 is 6.18 Å². The molecule has 6 nitrogen and oxygen atoms in total. The molecular formula is C21H24F3N3O3S. The molecule has 2 aromatic carbocycles. The molecule has 2 aromatic rings. The summed E-state index contributed by atoms with van der Waals surface area (Å²) in [6.45, 7) is 2.05. The van der Waals surface area contributed by atoms with E-state index >= 15 is 0 Å². The zero-order valence-electron chi connectivity index (χ0n) is 16.9. The number of alkyl halides is 3. The van der Waals surface area contributed by atoms with E-state index in [1.165, 1.54) is 18.2 Å². The van der Waals surface area contributed by atoms with Gasteiger partial charge in [-0.2, -0.15) is 13.2 Å². The number of sulfonamides is 1. The van der Waals surface area contributed by atoms with E-state index in [0.717, 1.165) is 25.0 Å². The topological polar surface area (TPSA) is 92.5 Å². The van der Waals surface area contributed by atoms with E-state index in [1.807, 2.05) is 4.90 Å². The number of nitrogens with one attached hydrogen (secondary N) is 1. The quantitative estimate of drug-likeness (QED) is 0.640. The minimum atomic E-state index is -4.42. The lowest BCUT2D eigenvalue weighted by Crippen LogP contribution is -2.39. The van der Waals surface area contributed by atoms with Crippen molar-refractivity contribution in [3.05, 3.63) is 65.2 Å². The second kappa shape index (κ2) is 8.97. The zero-order valence-corrected chi connectivity index (χ0v) is 17.7. The van der Waals surface area contributed by atoms with Crippen molar-refractivity contribution < 1.29 is 26.4 Å². The molecule has 1 aliphatic rings. The number of nitrogens with zero attached hydrogens (tertiary/aromatic N) is 1. The van der Waals surface area contributed by atoms with Crippen LogP contribution in [0, 0.1) is 0 Å². The summed E-state index contributed by atoms with van der Waals surface area (Å²) in [6, 6.07) is 10.8. The van der Waals surface area contributed by atoms with E-state index < -0.39 is 21.8 Å². The third-order valence-electron chi connectivity index (χ3n) is 5.28. The summed E-state index contributed by atoms with van der Waals surface area (Å²) in [4.78, 5) is 14.4. The van der Waals surface area contributed by atoms with E-state index in [4.69, 9.17) is 5.14 Å². The third-order valence-corrected chi connectivity index (χ3v) is 6.21. The lowest BCUT2D eigenvalue weighted by Gasteiger charge is -2.29. The van der Waals surface area contributed by atoms with Gasteiger partial charge < -0.3 is 5.32 Å². The van der Waals surface area contributed by atoms with Gasteiger partial charge in [0.15, 0.2) is 0 Å². The van der Waals surface area contributed by atoms with Gasteiger partial charge in [0, 0.05) is 18.6 Å². The monoisotopic (exact) mass is 455 g/mol. The number of nitrogens with two attached hydrogens (primary N) is 1. The highest BCUT2D eigenvalue weighted by Gasteiger charge is 2.35. The Kier molecular flexibility index (Phi) is 6.73. The Morgan fingerprint density at radius 3 is 2.39 bits per heavy atom. The Hall–Kier alpha value is -2.43. The number of hydrogen-bond donors (Lipinski definition) is 2. The number of carbonyl (C=O) groups is 1. The van der Waals surface area contributed by atoms with Crippen LogP contribution in [0.2, 0.25) is 0 Å². The van der Waals surface area contributed by atoms with Crippen LogP contribution in [0.5, 0.6) is 0 Å². The highest BCUT2D eigenvalue weighted by molar-refractivity contribution is 7.89. The maximum atomic E-state index is 13.0. The molecule has 0 heterocycles. The standard InChI is InChI=1S/C21H24F3N3O3S/c1-14(16-3-2-4-17(11-16)21(22,23)24)27(18-7-8-18)13-20(28)26-12-15-5-9-19(10-6-15)31(25,29)30/h2-6,9-11,14,18H,7-8,12-13H2,1H3,(H,26,28)(H2,25,29,30)/t14-/m0/s1. The molecule has 1 saturated carbocycles. The second-order valence-corrected chi connectivity index (χ2v) is 9.23. The molecule has 31 heavy (non-hydrogen) atoms. The maximum absolute atomic E-state index is 13.0. The molecule has 0 unspecified atom stereocenters. The average Bonchev–Trinajstić information content (AvgIpc) is 3.54. The molecule has 3 N–H and O–H groups in total. The Labute approximate surface area is 179 Å². The van der Waals surface area contributed by atoms with Crippen LogP contribution in [0.25, 0.3) is 0 Å². The van der Waals surface area contributed by atoms with Gasteiger partial charge in [-0.25, -0.2) is 13.6 Å².